The third-order valence-electron chi connectivity index (χ3n) is 7.39. The van der Waals surface area contributed by atoms with E-state index in [2.05, 4.69) is 0 Å². The molecular weight excluding hydrogens is 544 g/mol. The highest BCUT2D eigenvalue weighted by molar-refractivity contribution is 6.21. The zero-order valence-electron chi connectivity index (χ0n) is 46.7. The molecule has 0 fully saturated rings. The van der Waals surface area contributed by atoms with E-state index in [1.807, 2.05) is 0 Å². The maximum atomic E-state index is 9.47. The van der Waals surface area contributed by atoms with Gasteiger partial charge in [0, 0.05) is 10.8 Å². The fourth-order valence-corrected chi connectivity index (χ4v) is 5.52. The minimum Gasteiger partial charge on any atom is -0.456 e. The molecule has 0 unspecified atom stereocenters. The van der Waals surface area contributed by atoms with Crippen molar-refractivity contribution >= 4 is 43.5 Å². The molecule has 0 aliphatic rings. The summed E-state index contributed by atoms with van der Waals surface area (Å²) in [4.78, 5) is 0. The molecule has 9 rings (SSSR count). The van der Waals surface area contributed by atoms with Crippen molar-refractivity contribution in [3.8, 4) is 44.5 Å². The molecule has 0 N–H and O–H groups in total. The quantitative estimate of drug-likeness (QED) is 0.184. The highest BCUT2D eigenvalue weighted by atomic mass is 16.3. The SMILES string of the molecule is [2H]c1c([2H])c([2H])c(-c2c3c([2H])c([2H])c([2H])c([2H])c3c(-c3cccc(-c4c([2H])c([2H])c5c(oc6c([2H])c([2H])c([2H])c(-c7c([2H])c([2H])c([2H])c([2H])c7[2H])c65)c4[2H])c3)c3c([2H])c([2H])c([2H])c([2H])c23)c([2H])c1[2H]. The Morgan fingerprint density at radius 1 is 0.400 bits per heavy atom. The van der Waals surface area contributed by atoms with E-state index in [-0.39, 0.29) is 43.8 Å². The molecule has 0 spiro atoms. The molecule has 1 nitrogen and oxygen atoms in total. The standard InChI is InChI=1S/C44H28O/c1-3-13-29(14-4-1)34-23-12-24-40-44(34)39-26-25-32(28-41(39)45-40)31-17-11-18-33(27-31)43-37-21-9-7-19-35(37)42(30-15-5-2-6-16-30)36-20-8-10-22-38(36)43/h1-28H/i1D,2D,3D,4D,5D,6D,7D,8D,9D,10D,12D,13D,14D,15D,16D,19D,20D,21D,22D,23D,24D,25D,26D,28D. The van der Waals surface area contributed by atoms with E-state index in [0.29, 0.717) is 0 Å². The minimum absolute atomic E-state index is 0.0321. The van der Waals surface area contributed by atoms with Crippen LogP contribution in [0.1, 0.15) is 32.9 Å². The molecule has 0 saturated heterocycles. The Morgan fingerprint density at radius 2 is 0.978 bits per heavy atom. The lowest BCUT2D eigenvalue weighted by molar-refractivity contribution is 0.669. The number of rotatable bonds is 4. The molecular formula is C44H28O. The Kier molecular flexibility index (Phi) is 2.58. The monoisotopic (exact) mass is 596 g/mol. The first-order valence-corrected chi connectivity index (χ1v) is 13.5. The van der Waals surface area contributed by atoms with E-state index in [1.165, 1.54) is 24.3 Å². The fraction of sp³-hybridized carbons (Fsp3) is 0. The normalized spacial score (nSPS) is 19.0. The molecule has 0 radical (unpaired) electrons. The molecule has 1 heterocycles. The van der Waals surface area contributed by atoms with Gasteiger partial charge in [-0.25, -0.2) is 0 Å². The van der Waals surface area contributed by atoms with Crippen molar-refractivity contribution in [3.05, 3.63) is 169 Å². The van der Waals surface area contributed by atoms with Crippen molar-refractivity contribution in [2.45, 2.75) is 0 Å². The molecule has 1 aromatic heterocycles. The Balaban J connectivity index is 1.43. The fourth-order valence-electron chi connectivity index (χ4n) is 5.52. The van der Waals surface area contributed by atoms with Crippen LogP contribution >= 0.6 is 0 Å². The van der Waals surface area contributed by atoms with Gasteiger partial charge in [0.2, 0.25) is 0 Å². The third kappa shape index (κ3) is 4.17. The smallest absolute Gasteiger partial charge is 0.136 e. The van der Waals surface area contributed by atoms with Gasteiger partial charge in [-0.1, -0.05) is 145 Å². The Bertz CT molecular complexity index is 3750. The summed E-state index contributed by atoms with van der Waals surface area (Å²) >= 11 is 0. The first kappa shape index (κ1) is 11.2. The van der Waals surface area contributed by atoms with Gasteiger partial charge in [0.05, 0.1) is 32.9 Å². The van der Waals surface area contributed by atoms with E-state index >= 15 is 0 Å². The van der Waals surface area contributed by atoms with Crippen molar-refractivity contribution in [3.63, 3.8) is 0 Å². The van der Waals surface area contributed by atoms with Crippen LogP contribution in [0.3, 0.4) is 0 Å². The molecule has 0 atom stereocenters. The molecule has 1 heteroatoms. The summed E-state index contributed by atoms with van der Waals surface area (Å²) in [5, 5.41) is -2.37. The molecule has 8 aromatic carbocycles. The Hall–Kier alpha value is -5.92. The van der Waals surface area contributed by atoms with E-state index < -0.39 is 189 Å². The van der Waals surface area contributed by atoms with Gasteiger partial charge >= 0.3 is 0 Å². The molecule has 0 aliphatic heterocycles. The van der Waals surface area contributed by atoms with Gasteiger partial charge in [-0.2, -0.15) is 0 Å². The first-order chi connectivity index (χ1) is 32.3. The van der Waals surface area contributed by atoms with Gasteiger partial charge in [-0.15, -0.1) is 0 Å². The van der Waals surface area contributed by atoms with Gasteiger partial charge in [0.1, 0.15) is 11.2 Å². The van der Waals surface area contributed by atoms with Gasteiger partial charge in [-0.3, -0.25) is 0 Å². The summed E-state index contributed by atoms with van der Waals surface area (Å²) < 4.78 is 217. The minimum atomic E-state index is -0.831. The molecule has 45 heavy (non-hydrogen) atoms. The van der Waals surface area contributed by atoms with Gasteiger partial charge < -0.3 is 4.42 Å². The largest absolute Gasteiger partial charge is 0.456 e. The first-order valence-electron chi connectivity index (χ1n) is 25.5. The zero-order valence-corrected chi connectivity index (χ0v) is 22.7. The number of fused-ring (bicyclic) bond motifs is 5. The summed E-state index contributed by atoms with van der Waals surface area (Å²) in [6, 6.07) is -12.9. The molecule has 0 amide bonds. The second-order valence-electron chi connectivity index (χ2n) is 9.84. The average Bonchev–Trinajstić information content (AvgIpc) is 3.74. The summed E-state index contributed by atoms with van der Waals surface area (Å²) in [5.41, 5.74) is -3.67. The lowest BCUT2D eigenvalue weighted by Crippen LogP contribution is -1.91. The van der Waals surface area contributed by atoms with Crippen molar-refractivity contribution in [2.75, 3.05) is 0 Å². The number of benzene rings is 8. The second-order valence-corrected chi connectivity index (χ2v) is 9.84. The highest BCUT2D eigenvalue weighted by Gasteiger charge is 2.17. The summed E-state index contributed by atoms with van der Waals surface area (Å²) in [6.45, 7) is 0. The second kappa shape index (κ2) is 10.4. The van der Waals surface area contributed by atoms with Crippen molar-refractivity contribution in [1.29, 1.82) is 0 Å². The predicted molar refractivity (Wildman–Crippen MR) is 190 cm³/mol. The van der Waals surface area contributed by atoms with Gasteiger partial charge in [-0.05, 0) is 90.2 Å². The van der Waals surface area contributed by atoms with Crippen LogP contribution in [0.2, 0.25) is 0 Å². The lowest BCUT2D eigenvalue weighted by Gasteiger charge is -2.18. The highest BCUT2D eigenvalue weighted by Crippen LogP contribution is 2.44. The summed E-state index contributed by atoms with van der Waals surface area (Å²) in [5.74, 6) is 0. The molecule has 0 aliphatic carbocycles. The van der Waals surface area contributed by atoms with Crippen LogP contribution in [0.4, 0.5) is 0 Å². The van der Waals surface area contributed by atoms with Crippen LogP contribution in [0, 0.1) is 0 Å². The van der Waals surface area contributed by atoms with Crippen LogP contribution in [-0.4, -0.2) is 0 Å². The maximum absolute atomic E-state index is 9.47. The average molecular weight is 597 g/mol. The Morgan fingerprint density at radius 3 is 1.64 bits per heavy atom. The van der Waals surface area contributed by atoms with Crippen LogP contribution in [-0.2, 0) is 0 Å². The van der Waals surface area contributed by atoms with E-state index in [0.717, 1.165) is 0 Å². The maximum Gasteiger partial charge on any atom is 0.136 e. The van der Waals surface area contributed by atoms with Crippen LogP contribution < -0.4 is 0 Å². The lowest BCUT2D eigenvalue weighted by atomic mass is 9.85. The van der Waals surface area contributed by atoms with Gasteiger partial charge in [0.25, 0.3) is 0 Å². The summed E-state index contributed by atoms with van der Waals surface area (Å²) in [6.07, 6.45) is 0. The molecule has 0 bridgehead atoms. The number of hydrogen-bond acceptors (Lipinski definition) is 1. The predicted octanol–water partition coefficient (Wildman–Crippen LogP) is 12.6. The van der Waals surface area contributed by atoms with E-state index in [9.17, 15) is 9.60 Å². The van der Waals surface area contributed by atoms with Crippen molar-refractivity contribution in [1.82, 2.24) is 0 Å². The van der Waals surface area contributed by atoms with Crippen LogP contribution in [0.15, 0.2) is 174 Å². The van der Waals surface area contributed by atoms with E-state index in [4.69, 9.17) is 27.7 Å². The van der Waals surface area contributed by atoms with Crippen LogP contribution in [0.25, 0.3) is 88.0 Å². The molecule has 210 valence electrons. The summed E-state index contributed by atoms with van der Waals surface area (Å²) in [7, 11) is 0. The number of hydrogen-bond donors (Lipinski definition) is 0. The number of furan rings is 1. The zero-order chi connectivity index (χ0) is 50.6. The van der Waals surface area contributed by atoms with Crippen LogP contribution in [0.5, 0.6) is 0 Å². The Labute approximate surface area is 295 Å². The van der Waals surface area contributed by atoms with Crippen molar-refractivity contribution < 1.29 is 37.3 Å². The topological polar surface area (TPSA) is 13.1 Å². The van der Waals surface area contributed by atoms with Gasteiger partial charge in [0.15, 0.2) is 0 Å². The molecule has 9 aromatic rings. The van der Waals surface area contributed by atoms with E-state index in [1.54, 1.807) is 0 Å². The molecule has 0 saturated carbocycles. The third-order valence-corrected chi connectivity index (χ3v) is 7.39. The van der Waals surface area contributed by atoms with Crippen molar-refractivity contribution in [2.24, 2.45) is 0 Å².